The molecule has 0 aromatic heterocycles. The molecule has 0 bridgehead atoms. The van der Waals surface area contributed by atoms with Gasteiger partial charge < -0.3 is 19.7 Å². The van der Waals surface area contributed by atoms with Crippen molar-refractivity contribution in [1.82, 2.24) is 0 Å². The quantitative estimate of drug-likeness (QED) is 0.810. The van der Waals surface area contributed by atoms with E-state index in [1.807, 2.05) is 0 Å². The number of ether oxygens (including phenoxy) is 2. The topological polar surface area (TPSA) is 76.0 Å². The second-order valence-corrected chi connectivity index (χ2v) is 6.15. The standard InChI is InChI=1S/C15H20O5/c1-9(13(17)20-14(2,3)4)15(18)8-19-12-7-10(16)5-6-11(12)15/h5-7,9,16,18H,8H2,1-4H3. The van der Waals surface area contributed by atoms with Crippen LogP contribution in [0.3, 0.4) is 0 Å². The van der Waals surface area contributed by atoms with Crippen molar-refractivity contribution in [2.75, 3.05) is 6.61 Å². The average molecular weight is 280 g/mol. The molecule has 0 radical (unpaired) electrons. The Hall–Kier alpha value is -1.75. The van der Waals surface area contributed by atoms with E-state index in [2.05, 4.69) is 0 Å². The van der Waals surface area contributed by atoms with Crippen LogP contribution >= 0.6 is 0 Å². The van der Waals surface area contributed by atoms with Gasteiger partial charge in [-0.15, -0.1) is 0 Å². The van der Waals surface area contributed by atoms with Crippen LogP contribution in [0.25, 0.3) is 0 Å². The molecule has 2 atom stereocenters. The summed E-state index contributed by atoms with van der Waals surface area (Å²) in [5.74, 6) is -0.808. The number of hydrogen-bond acceptors (Lipinski definition) is 5. The largest absolute Gasteiger partial charge is 0.508 e. The molecule has 5 nitrogen and oxygen atoms in total. The lowest BCUT2D eigenvalue weighted by molar-refractivity contribution is -0.170. The Bertz CT molecular complexity index is 532. The van der Waals surface area contributed by atoms with Crippen LogP contribution in [0.15, 0.2) is 18.2 Å². The molecule has 2 N–H and O–H groups in total. The maximum Gasteiger partial charge on any atom is 0.312 e. The molecule has 0 aliphatic carbocycles. The number of benzene rings is 1. The van der Waals surface area contributed by atoms with Gasteiger partial charge in [0.15, 0.2) is 0 Å². The van der Waals surface area contributed by atoms with Crippen molar-refractivity contribution >= 4 is 5.97 Å². The summed E-state index contributed by atoms with van der Waals surface area (Å²) in [6.45, 7) is 6.90. The van der Waals surface area contributed by atoms with Crippen molar-refractivity contribution in [3.05, 3.63) is 23.8 Å². The lowest BCUT2D eigenvalue weighted by Crippen LogP contribution is -2.42. The number of fused-ring (bicyclic) bond motifs is 1. The van der Waals surface area contributed by atoms with E-state index in [-0.39, 0.29) is 12.4 Å². The number of aliphatic hydroxyl groups is 1. The molecule has 2 unspecified atom stereocenters. The molecule has 5 heteroatoms. The third kappa shape index (κ3) is 2.58. The van der Waals surface area contributed by atoms with Crippen molar-refractivity contribution in [2.45, 2.75) is 38.9 Å². The van der Waals surface area contributed by atoms with E-state index in [1.165, 1.54) is 12.1 Å². The van der Waals surface area contributed by atoms with E-state index in [4.69, 9.17) is 9.47 Å². The van der Waals surface area contributed by atoms with Crippen molar-refractivity contribution in [3.8, 4) is 11.5 Å². The van der Waals surface area contributed by atoms with Gasteiger partial charge in [-0.3, -0.25) is 4.79 Å². The predicted molar refractivity (Wildman–Crippen MR) is 72.5 cm³/mol. The summed E-state index contributed by atoms with van der Waals surface area (Å²) in [5, 5.41) is 20.2. The van der Waals surface area contributed by atoms with Crippen LogP contribution in [-0.2, 0) is 15.1 Å². The van der Waals surface area contributed by atoms with E-state index in [0.29, 0.717) is 11.3 Å². The van der Waals surface area contributed by atoms with Crippen LogP contribution in [-0.4, -0.2) is 28.4 Å². The summed E-state index contributed by atoms with van der Waals surface area (Å²) in [6, 6.07) is 4.45. The Balaban J connectivity index is 2.28. The zero-order chi connectivity index (χ0) is 15.1. The van der Waals surface area contributed by atoms with Crippen LogP contribution in [0.1, 0.15) is 33.3 Å². The molecule has 1 aromatic rings. The monoisotopic (exact) mass is 280 g/mol. The molecular weight excluding hydrogens is 260 g/mol. The van der Waals surface area contributed by atoms with Crippen molar-refractivity contribution in [2.24, 2.45) is 5.92 Å². The molecule has 20 heavy (non-hydrogen) atoms. The highest BCUT2D eigenvalue weighted by molar-refractivity contribution is 5.75. The van der Waals surface area contributed by atoms with Crippen LogP contribution in [0.5, 0.6) is 11.5 Å². The molecule has 1 aromatic carbocycles. The van der Waals surface area contributed by atoms with Gasteiger partial charge in [-0.05, 0) is 39.8 Å². The number of aromatic hydroxyl groups is 1. The minimum Gasteiger partial charge on any atom is -0.508 e. The fraction of sp³-hybridized carbons (Fsp3) is 0.533. The SMILES string of the molecule is CC(C(=O)OC(C)(C)C)C1(O)COc2cc(O)ccc21. The third-order valence-electron chi connectivity index (χ3n) is 3.36. The fourth-order valence-electron chi connectivity index (χ4n) is 2.20. The normalized spacial score (nSPS) is 22.9. The molecule has 0 saturated heterocycles. The Morgan fingerprint density at radius 2 is 2.10 bits per heavy atom. The van der Waals surface area contributed by atoms with Crippen LogP contribution < -0.4 is 4.74 Å². The second kappa shape index (κ2) is 4.66. The minimum atomic E-state index is -1.44. The molecule has 0 fully saturated rings. The molecule has 0 saturated carbocycles. The van der Waals surface area contributed by atoms with Gasteiger partial charge >= 0.3 is 5.97 Å². The summed E-state index contributed by atoms with van der Waals surface area (Å²) < 4.78 is 10.7. The Morgan fingerprint density at radius 1 is 1.45 bits per heavy atom. The van der Waals surface area contributed by atoms with Gasteiger partial charge in [-0.25, -0.2) is 0 Å². The van der Waals surface area contributed by atoms with Crippen molar-refractivity contribution in [1.29, 1.82) is 0 Å². The molecule has 1 aliphatic rings. The maximum atomic E-state index is 12.1. The first kappa shape index (κ1) is 14.7. The summed E-state index contributed by atoms with van der Waals surface area (Å²) in [5.41, 5.74) is -1.56. The zero-order valence-corrected chi connectivity index (χ0v) is 12.1. The minimum absolute atomic E-state index is 0.0355. The number of phenolic OH excluding ortho intramolecular Hbond substituents is 1. The lowest BCUT2D eigenvalue weighted by Gasteiger charge is -2.30. The van der Waals surface area contributed by atoms with Gasteiger partial charge in [0.25, 0.3) is 0 Å². The Kier molecular flexibility index (Phi) is 3.42. The summed E-state index contributed by atoms with van der Waals surface area (Å²) in [4.78, 5) is 12.1. The fourth-order valence-corrected chi connectivity index (χ4v) is 2.20. The summed E-state index contributed by atoms with van der Waals surface area (Å²) in [6.07, 6.45) is 0. The Labute approximate surface area is 118 Å². The number of rotatable bonds is 2. The summed E-state index contributed by atoms with van der Waals surface area (Å²) >= 11 is 0. The predicted octanol–water partition coefficient (Wildman–Crippen LogP) is 1.95. The highest BCUT2D eigenvalue weighted by Gasteiger charge is 2.48. The molecule has 0 amide bonds. The number of phenols is 1. The van der Waals surface area contributed by atoms with E-state index in [0.717, 1.165) is 0 Å². The van der Waals surface area contributed by atoms with Gasteiger partial charge in [0.2, 0.25) is 0 Å². The van der Waals surface area contributed by atoms with Gasteiger partial charge in [0.1, 0.15) is 29.3 Å². The smallest absolute Gasteiger partial charge is 0.312 e. The van der Waals surface area contributed by atoms with E-state index >= 15 is 0 Å². The highest BCUT2D eigenvalue weighted by Crippen LogP contribution is 2.43. The van der Waals surface area contributed by atoms with Crippen molar-refractivity contribution in [3.63, 3.8) is 0 Å². The average Bonchev–Trinajstić information content (AvgIpc) is 2.64. The molecule has 2 rings (SSSR count). The van der Waals surface area contributed by atoms with Crippen LogP contribution in [0.4, 0.5) is 0 Å². The molecule has 1 heterocycles. The van der Waals surface area contributed by atoms with Crippen molar-refractivity contribution < 1.29 is 24.5 Å². The molecule has 1 aliphatic heterocycles. The van der Waals surface area contributed by atoms with E-state index in [1.54, 1.807) is 33.8 Å². The molecular formula is C15H20O5. The first-order valence-corrected chi connectivity index (χ1v) is 6.55. The zero-order valence-electron chi connectivity index (χ0n) is 12.1. The number of carbonyl (C=O) groups is 1. The Morgan fingerprint density at radius 3 is 2.70 bits per heavy atom. The molecule has 0 spiro atoms. The highest BCUT2D eigenvalue weighted by atomic mass is 16.6. The number of esters is 1. The first-order valence-electron chi connectivity index (χ1n) is 6.55. The number of hydrogen-bond donors (Lipinski definition) is 2. The first-order chi connectivity index (χ1) is 9.13. The van der Waals surface area contributed by atoms with Gasteiger partial charge in [-0.1, -0.05) is 0 Å². The maximum absolute atomic E-state index is 12.1. The van der Waals surface area contributed by atoms with Gasteiger partial charge in [-0.2, -0.15) is 0 Å². The van der Waals surface area contributed by atoms with Crippen LogP contribution in [0, 0.1) is 5.92 Å². The van der Waals surface area contributed by atoms with Crippen LogP contribution in [0.2, 0.25) is 0 Å². The lowest BCUT2D eigenvalue weighted by atomic mass is 9.84. The van der Waals surface area contributed by atoms with Gasteiger partial charge in [0, 0.05) is 11.6 Å². The summed E-state index contributed by atoms with van der Waals surface area (Å²) in [7, 11) is 0. The van der Waals surface area contributed by atoms with Gasteiger partial charge in [0.05, 0.1) is 5.92 Å². The molecule has 110 valence electrons. The third-order valence-corrected chi connectivity index (χ3v) is 3.36. The number of carbonyl (C=O) groups excluding carboxylic acids is 1. The van der Waals surface area contributed by atoms with E-state index in [9.17, 15) is 15.0 Å². The van der Waals surface area contributed by atoms with E-state index < -0.39 is 23.1 Å². The second-order valence-electron chi connectivity index (χ2n) is 6.15.